The molecule has 0 aliphatic rings. The molecule has 1 aromatic heterocycles. The Morgan fingerprint density at radius 2 is 1.75 bits per heavy atom. The SMILES string of the molecule is COc1ccc(Nc2cc(Br)nc(C(C)(C)C)n2)cc1. The van der Waals surface area contributed by atoms with Crippen LogP contribution in [0.1, 0.15) is 26.6 Å². The van der Waals surface area contributed by atoms with E-state index in [-0.39, 0.29) is 5.41 Å². The van der Waals surface area contributed by atoms with Crippen LogP contribution in [0.5, 0.6) is 5.75 Å². The Balaban J connectivity index is 2.26. The van der Waals surface area contributed by atoms with Gasteiger partial charge in [0.1, 0.15) is 22.0 Å². The number of hydrogen-bond acceptors (Lipinski definition) is 4. The van der Waals surface area contributed by atoms with Crippen LogP contribution in [0.25, 0.3) is 0 Å². The topological polar surface area (TPSA) is 47.0 Å². The summed E-state index contributed by atoms with van der Waals surface area (Å²) in [6.45, 7) is 6.27. The van der Waals surface area contributed by atoms with Gasteiger partial charge in [-0.1, -0.05) is 20.8 Å². The lowest BCUT2D eigenvalue weighted by molar-refractivity contribution is 0.415. The van der Waals surface area contributed by atoms with E-state index in [1.165, 1.54) is 0 Å². The van der Waals surface area contributed by atoms with Crippen molar-refractivity contribution in [2.24, 2.45) is 0 Å². The summed E-state index contributed by atoms with van der Waals surface area (Å²) in [5.41, 5.74) is 0.858. The highest BCUT2D eigenvalue weighted by molar-refractivity contribution is 9.10. The van der Waals surface area contributed by atoms with Gasteiger partial charge in [0.05, 0.1) is 7.11 Å². The molecule has 0 saturated carbocycles. The molecule has 0 fully saturated rings. The maximum absolute atomic E-state index is 5.14. The minimum absolute atomic E-state index is 0.0971. The van der Waals surface area contributed by atoms with Crippen molar-refractivity contribution in [3.63, 3.8) is 0 Å². The van der Waals surface area contributed by atoms with Crippen LogP contribution in [0.15, 0.2) is 34.9 Å². The highest BCUT2D eigenvalue weighted by Gasteiger charge is 2.18. The van der Waals surface area contributed by atoms with Gasteiger partial charge in [0.2, 0.25) is 0 Å². The molecule has 2 aromatic rings. The first-order valence-corrected chi connectivity index (χ1v) is 7.14. The third-order valence-corrected chi connectivity index (χ3v) is 3.13. The number of nitrogens with one attached hydrogen (secondary N) is 1. The van der Waals surface area contributed by atoms with Gasteiger partial charge in [0.15, 0.2) is 0 Å². The van der Waals surface area contributed by atoms with Crippen LogP contribution >= 0.6 is 15.9 Å². The number of rotatable bonds is 3. The van der Waals surface area contributed by atoms with Gasteiger partial charge in [-0.2, -0.15) is 0 Å². The Bertz CT molecular complexity index is 591. The monoisotopic (exact) mass is 335 g/mol. The van der Waals surface area contributed by atoms with Crippen molar-refractivity contribution in [2.45, 2.75) is 26.2 Å². The largest absolute Gasteiger partial charge is 0.497 e. The number of hydrogen-bond donors (Lipinski definition) is 1. The van der Waals surface area contributed by atoms with Crippen molar-refractivity contribution in [3.05, 3.63) is 40.8 Å². The molecule has 0 unspecified atom stereocenters. The van der Waals surface area contributed by atoms with Gasteiger partial charge < -0.3 is 10.1 Å². The van der Waals surface area contributed by atoms with E-state index in [1.807, 2.05) is 30.3 Å². The van der Waals surface area contributed by atoms with Crippen molar-refractivity contribution >= 4 is 27.4 Å². The van der Waals surface area contributed by atoms with Crippen LogP contribution < -0.4 is 10.1 Å². The van der Waals surface area contributed by atoms with E-state index in [1.54, 1.807) is 7.11 Å². The van der Waals surface area contributed by atoms with Crippen LogP contribution in [0.4, 0.5) is 11.5 Å². The summed E-state index contributed by atoms with van der Waals surface area (Å²) in [6.07, 6.45) is 0. The summed E-state index contributed by atoms with van der Waals surface area (Å²) in [4.78, 5) is 8.98. The van der Waals surface area contributed by atoms with Crippen molar-refractivity contribution in [2.75, 3.05) is 12.4 Å². The fraction of sp³-hybridized carbons (Fsp3) is 0.333. The smallest absolute Gasteiger partial charge is 0.137 e. The van der Waals surface area contributed by atoms with Crippen molar-refractivity contribution in [1.29, 1.82) is 0 Å². The Morgan fingerprint density at radius 3 is 2.30 bits per heavy atom. The van der Waals surface area contributed by atoms with Crippen molar-refractivity contribution in [1.82, 2.24) is 9.97 Å². The molecule has 1 heterocycles. The fourth-order valence-corrected chi connectivity index (χ4v) is 2.02. The predicted octanol–water partition coefficient (Wildman–Crippen LogP) is 4.29. The van der Waals surface area contributed by atoms with E-state index < -0.39 is 0 Å². The highest BCUT2D eigenvalue weighted by Crippen LogP contribution is 2.25. The Labute approximate surface area is 127 Å². The summed E-state index contributed by atoms with van der Waals surface area (Å²) in [6, 6.07) is 9.57. The zero-order valence-corrected chi connectivity index (χ0v) is 13.7. The predicted molar refractivity (Wildman–Crippen MR) is 84.7 cm³/mol. The number of aromatic nitrogens is 2. The molecule has 0 bridgehead atoms. The minimum Gasteiger partial charge on any atom is -0.497 e. The van der Waals surface area contributed by atoms with E-state index in [0.29, 0.717) is 0 Å². The van der Waals surface area contributed by atoms with Gasteiger partial charge in [-0.25, -0.2) is 9.97 Å². The molecule has 1 N–H and O–H groups in total. The summed E-state index contributed by atoms with van der Waals surface area (Å²) < 4.78 is 5.91. The van der Waals surface area contributed by atoms with E-state index in [0.717, 1.165) is 27.7 Å². The number of halogens is 1. The number of methoxy groups -OCH3 is 1. The zero-order valence-electron chi connectivity index (χ0n) is 12.1. The van der Waals surface area contributed by atoms with E-state index >= 15 is 0 Å². The fourth-order valence-electron chi connectivity index (χ4n) is 1.64. The van der Waals surface area contributed by atoms with Crippen molar-refractivity contribution in [3.8, 4) is 5.75 Å². The highest BCUT2D eigenvalue weighted by atomic mass is 79.9. The zero-order chi connectivity index (χ0) is 14.8. The van der Waals surface area contributed by atoms with Crippen LogP contribution in [0, 0.1) is 0 Å². The molecule has 4 nitrogen and oxygen atoms in total. The molecule has 2 rings (SSSR count). The third kappa shape index (κ3) is 3.70. The van der Waals surface area contributed by atoms with Crippen LogP contribution in [-0.4, -0.2) is 17.1 Å². The molecular weight excluding hydrogens is 318 g/mol. The first-order chi connectivity index (χ1) is 9.38. The lowest BCUT2D eigenvalue weighted by Crippen LogP contribution is -2.16. The first-order valence-electron chi connectivity index (χ1n) is 6.34. The molecule has 0 aliphatic carbocycles. The van der Waals surface area contributed by atoms with Crippen LogP contribution in [0.2, 0.25) is 0 Å². The standard InChI is InChI=1S/C15H18BrN3O/c1-15(2,3)14-18-12(16)9-13(19-14)17-10-5-7-11(20-4)8-6-10/h5-9H,1-4H3,(H,17,18,19). The maximum atomic E-state index is 5.14. The second-order valence-electron chi connectivity index (χ2n) is 5.50. The van der Waals surface area contributed by atoms with Gasteiger partial charge in [0, 0.05) is 17.2 Å². The summed E-state index contributed by atoms with van der Waals surface area (Å²) in [7, 11) is 1.65. The molecule has 0 amide bonds. The first kappa shape index (κ1) is 14.8. The molecule has 1 aromatic carbocycles. The minimum atomic E-state index is -0.0971. The average molecular weight is 336 g/mol. The summed E-state index contributed by atoms with van der Waals surface area (Å²) >= 11 is 3.43. The molecule has 0 aliphatic heterocycles. The molecule has 0 saturated heterocycles. The lowest BCUT2D eigenvalue weighted by Gasteiger charge is -2.18. The molecule has 106 valence electrons. The lowest BCUT2D eigenvalue weighted by atomic mass is 9.96. The van der Waals surface area contributed by atoms with Gasteiger partial charge in [-0.3, -0.25) is 0 Å². The average Bonchev–Trinajstić information content (AvgIpc) is 2.38. The second-order valence-corrected chi connectivity index (χ2v) is 6.32. The molecule has 0 atom stereocenters. The van der Waals surface area contributed by atoms with Crippen molar-refractivity contribution < 1.29 is 4.74 Å². The number of benzene rings is 1. The maximum Gasteiger partial charge on any atom is 0.137 e. The number of anilines is 2. The number of nitrogens with zero attached hydrogens (tertiary/aromatic N) is 2. The third-order valence-electron chi connectivity index (χ3n) is 2.73. The quantitative estimate of drug-likeness (QED) is 0.850. The second kappa shape index (κ2) is 5.79. The van der Waals surface area contributed by atoms with Gasteiger partial charge in [-0.15, -0.1) is 0 Å². The van der Waals surface area contributed by atoms with E-state index in [9.17, 15) is 0 Å². The Hall–Kier alpha value is -1.62. The normalized spacial score (nSPS) is 11.2. The van der Waals surface area contributed by atoms with Gasteiger partial charge in [0.25, 0.3) is 0 Å². The van der Waals surface area contributed by atoms with Gasteiger partial charge in [-0.05, 0) is 40.2 Å². The molecule has 20 heavy (non-hydrogen) atoms. The summed E-state index contributed by atoms with van der Waals surface area (Å²) in [5, 5.41) is 3.27. The summed E-state index contributed by atoms with van der Waals surface area (Å²) in [5.74, 6) is 2.39. The van der Waals surface area contributed by atoms with Gasteiger partial charge >= 0.3 is 0 Å². The molecular formula is C15H18BrN3O. The van der Waals surface area contributed by atoms with E-state index in [2.05, 4.69) is 52.0 Å². The van der Waals surface area contributed by atoms with E-state index in [4.69, 9.17) is 4.74 Å². The Kier molecular flexibility index (Phi) is 4.28. The Morgan fingerprint density at radius 1 is 1.10 bits per heavy atom. The molecule has 0 radical (unpaired) electrons. The number of ether oxygens (including phenoxy) is 1. The van der Waals surface area contributed by atoms with Crippen LogP contribution in [-0.2, 0) is 5.41 Å². The molecule has 5 heteroatoms. The van der Waals surface area contributed by atoms with Crippen LogP contribution in [0.3, 0.4) is 0 Å². The molecule has 0 spiro atoms.